The van der Waals surface area contributed by atoms with Gasteiger partial charge in [0.25, 0.3) is 5.91 Å². The molecule has 0 unspecified atom stereocenters. The van der Waals surface area contributed by atoms with E-state index in [0.29, 0.717) is 12.2 Å². The van der Waals surface area contributed by atoms with Gasteiger partial charge in [-0.15, -0.1) is 11.8 Å². The highest BCUT2D eigenvalue weighted by atomic mass is 32.2. The van der Waals surface area contributed by atoms with Crippen molar-refractivity contribution in [2.45, 2.75) is 38.7 Å². The highest BCUT2D eigenvalue weighted by molar-refractivity contribution is 8.01. The van der Waals surface area contributed by atoms with Crippen molar-refractivity contribution in [2.24, 2.45) is 0 Å². The minimum atomic E-state index is -0.893. The molecule has 2 amide bonds. The maximum atomic E-state index is 12.5. The molecular formula is C23H28N2O4S. The zero-order chi connectivity index (χ0) is 22.1. The van der Waals surface area contributed by atoms with Gasteiger partial charge in [-0.1, -0.05) is 48.0 Å². The van der Waals surface area contributed by atoms with Gasteiger partial charge in [0.2, 0.25) is 5.91 Å². The third kappa shape index (κ3) is 7.55. The maximum Gasteiger partial charge on any atom is 0.319 e. The van der Waals surface area contributed by atoms with Crippen LogP contribution in [-0.2, 0) is 25.7 Å². The van der Waals surface area contributed by atoms with Crippen molar-refractivity contribution in [3.05, 3.63) is 65.7 Å². The van der Waals surface area contributed by atoms with Crippen molar-refractivity contribution in [1.82, 2.24) is 4.90 Å². The van der Waals surface area contributed by atoms with E-state index in [-0.39, 0.29) is 17.6 Å². The van der Waals surface area contributed by atoms with Crippen LogP contribution in [0.15, 0.2) is 54.6 Å². The first-order valence-electron chi connectivity index (χ1n) is 9.73. The molecule has 0 bridgehead atoms. The number of carbonyl (C=O) groups is 3. The molecule has 2 rings (SSSR count). The minimum absolute atomic E-state index is 0.111. The van der Waals surface area contributed by atoms with Crippen LogP contribution in [0.3, 0.4) is 0 Å². The molecule has 7 heteroatoms. The lowest BCUT2D eigenvalue weighted by Crippen LogP contribution is -2.38. The number of thioether (sulfide) groups is 1. The van der Waals surface area contributed by atoms with Crippen molar-refractivity contribution in [2.75, 3.05) is 18.1 Å². The summed E-state index contributed by atoms with van der Waals surface area (Å²) in [6, 6.07) is 17.1. The Morgan fingerprint density at radius 1 is 1.03 bits per heavy atom. The number of likely N-dealkylation sites (N-methyl/N-ethyl adjacent to an activating group) is 1. The Labute approximate surface area is 182 Å². The molecule has 0 saturated heterocycles. The van der Waals surface area contributed by atoms with E-state index in [1.807, 2.05) is 61.5 Å². The molecule has 0 radical (unpaired) electrons. The molecule has 30 heavy (non-hydrogen) atoms. The van der Waals surface area contributed by atoms with Gasteiger partial charge in [-0.3, -0.25) is 14.4 Å². The number of esters is 1. The number of anilines is 1. The van der Waals surface area contributed by atoms with Crippen LogP contribution in [0.1, 0.15) is 25.0 Å². The quantitative estimate of drug-likeness (QED) is 0.617. The number of carbonyl (C=O) groups excluding carboxylic acids is 3. The number of nitrogens with zero attached hydrogens (tertiary/aromatic N) is 1. The van der Waals surface area contributed by atoms with Crippen LogP contribution in [-0.4, -0.2) is 46.8 Å². The Kier molecular flexibility index (Phi) is 8.92. The van der Waals surface area contributed by atoms with E-state index in [1.54, 1.807) is 20.9 Å². The zero-order valence-electron chi connectivity index (χ0n) is 17.8. The molecule has 6 nitrogen and oxygen atoms in total. The van der Waals surface area contributed by atoms with Gasteiger partial charge in [-0.05, 0) is 38.5 Å². The highest BCUT2D eigenvalue weighted by Crippen LogP contribution is 2.15. The standard InChI is InChI=1S/C23H28N2O4S/c1-16-10-12-20(13-11-16)24-21(26)15-30-18(3)23(28)29-17(2)22(27)25(4)14-19-8-6-5-7-9-19/h5-13,17-18H,14-15H2,1-4H3,(H,24,26)/t17-,18+/m1/s1. The summed E-state index contributed by atoms with van der Waals surface area (Å²) in [5, 5.41) is 2.22. The molecule has 0 aromatic heterocycles. The molecule has 2 aromatic carbocycles. The Morgan fingerprint density at radius 3 is 2.30 bits per heavy atom. The third-order valence-corrected chi connectivity index (χ3v) is 5.53. The topological polar surface area (TPSA) is 75.7 Å². The average molecular weight is 429 g/mol. The Morgan fingerprint density at radius 2 is 1.67 bits per heavy atom. The average Bonchev–Trinajstić information content (AvgIpc) is 2.73. The first-order valence-corrected chi connectivity index (χ1v) is 10.8. The van der Waals surface area contributed by atoms with E-state index < -0.39 is 17.3 Å². The van der Waals surface area contributed by atoms with E-state index in [2.05, 4.69) is 5.32 Å². The number of nitrogens with one attached hydrogen (secondary N) is 1. The van der Waals surface area contributed by atoms with Crippen molar-refractivity contribution in [3.63, 3.8) is 0 Å². The molecule has 0 saturated carbocycles. The lowest BCUT2D eigenvalue weighted by Gasteiger charge is -2.22. The van der Waals surface area contributed by atoms with Crippen LogP contribution in [0.25, 0.3) is 0 Å². The number of aryl methyl sites for hydroxylation is 1. The normalized spacial score (nSPS) is 12.5. The predicted molar refractivity (Wildman–Crippen MR) is 120 cm³/mol. The number of amides is 2. The second-order valence-electron chi connectivity index (χ2n) is 7.13. The second-order valence-corrected chi connectivity index (χ2v) is 8.46. The summed E-state index contributed by atoms with van der Waals surface area (Å²) in [7, 11) is 1.67. The molecule has 160 valence electrons. The summed E-state index contributed by atoms with van der Waals surface area (Å²) in [6.45, 7) is 5.63. The number of benzene rings is 2. The van der Waals surface area contributed by atoms with Gasteiger partial charge in [0.1, 0.15) is 5.25 Å². The highest BCUT2D eigenvalue weighted by Gasteiger charge is 2.25. The van der Waals surface area contributed by atoms with Gasteiger partial charge in [0.15, 0.2) is 6.10 Å². The minimum Gasteiger partial charge on any atom is -0.452 e. The summed E-state index contributed by atoms with van der Waals surface area (Å²) < 4.78 is 5.31. The van der Waals surface area contributed by atoms with Crippen LogP contribution in [0.5, 0.6) is 0 Å². The smallest absolute Gasteiger partial charge is 0.319 e. The van der Waals surface area contributed by atoms with Crippen LogP contribution in [0.2, 0.25) is 0 Å². The number of hydrogen-bond donors (Lipinski definition) is 1. The first-order chi connectivity index (χ1) is 14.3. The molecule has 0 heterocycles. The fraction of sp³-hybridized carbons (Fsp3) is 0.348. The van der Waals surface area contributed by atoms with E-state index in [4.69, 9.17) is 4.74 Å². The molecule has 2 atom stereocenters. The summed E-state index contributed by atoms with van der Waals surface area (Å²) >= 11 is 1.17. The van der Waals surface area contributed by atoms with Gasteiger partial charge < -0.3 is 15.0 Å². The first kappa shape index (κ1) is 23.5. The predicted octanol–water partition coefficient (Wildman–Crippen LogP) is 3.65. The molecule has 0 aliphatic carbocycles. The van der Waals surface area contributed by atoms with Gasteiger partial charge in [0.05, 0.1) is 5.75 Å². The molecule has 0 aliphatic heterocycles. The van der Waals surface area contributed by atoms with Gasteiger partial charge in [0, 0.05) is 19.3 Å². The van der Waals surface area contributed by atoms with Crippen LogP contribution >= 0.6 is 11.8 Å². The molecule has 2 aromatic rings. The summed E-state index contributed by atoms with van der Waals surface area (Å²) in [6.07, 6.45) is -0.893. The van der Waals surface area contributed by atoms with Crippen molar-refractivity contribution >= 4 is 35.2 Å². The molecular weight excluding hydrogens is 400 g/mol. The van der Waals surface area contributed by atoms with E-state index in [9.17, 15) is 14.4 Å². The monoisotopic (exact) mass is 428 g/mol. The van der Waals surface area contributed by atoms with E-state index >= 15 is 0 Å². The molecule has 1 N–H and O–H groups in total. The Hall–Kier alpha value is -2.80. The van der Waals surface area contributed by atoms with Crippen molar-refractivity contribution in [1.29, 1.82) is 0 Å². The van der Waals surface area contributed by atoms with Gasteiger partial charge >= 0.3 is 5.97 Å². The molecule has 0 fully saturated rings. The fourth-order valence-corrected chi connectivity index (χ4v) is 3.33. The Bertz CT molecular complexity index is 855. The largest absolute Gasteiger partial charge is 0.452 e. The number of hydrogen-bond acceptors (Lipinski definition) is 5. The SMILES string of the molecule is Cc1ccc(NC(=O)CS[C@@H](C)C(=O)O[C@H](C)C(=O)N(C)Cc2ccccc2)cc1. The second kappa shape index (κ2) is 11.4. The third-order valence-electron chi connectivity index (χ3n) is 4.41. The lowest BCUT2D eigenvalue weighted by atomic mass is 10.2. The summed E-state index contributed by atoms with van der Waals surface area (Å²) in [4.78, 5) is 38.4. The number of ether oxygens (including phenoxy) is 1. The van der Waals surface area contributed by atoms with Crippen LogP contribution in [0.4, 0.5) is 5.69 Å². The van der Waals surface area contributed by atoms with Crippen LogP contribution < -0.4 is 5.32 Å². The van der Waals surface area contributed by atoms with Gasteiger partial charge in [-0.2, -0.15) is 0 Å². The fourth-order valence-electron chi connectivity index (χ4n) is 2.67. The van der Waals surface area contributed by atoms with Gasteiger partial charge in [-0.25, -0.2) is 0 Å². The molecule has 0 aliphatic rings. The maximum absolute atomic E-state index is 12.5. The summed E-state index contributed by atoms with van der Waals surface area (Å²) in [5.41, 5.74) is 2.81. The zero-order valence-corrected chi connectivity index (χ0v) is 18.6. The number of rotatable bonds is 9. The van der Waals surface area contributed by atoms with Crippen molar-refractivity contribution in [3.8, 4) is 0 Å². The Balaban J connectivity index is 1.76. The van der Waals surface area contributed by atoms with Crippen molar-refractivity contribution < 1.29 is 19.1 Å². The lowest BCUT2D eigenvalue weighted by molar-refractivity contribution is -0.158. The summed E-state index contributed by atoms with van der Waals surface area (Å²) in [5.74, 6) is -0.880. The van der Waals surface area contributed by atoms with E-state index in [1.165, 1.54) is 16.7 Å². The van der Waals surface area contributed by atoms with E-state index in [0.717, 1.165) is 11.1 Å². The molecule has 0 spiro atoms. The van der Waals surface area contributed by atoms with Crippen LogP contribution in [0, 0.1) is 6.92 Å².